The van der Waals surface area contributed by atoms with Crippen molar-refractivity contribution in [2.75, 3.05) is 37.0 Å². The highest BCUT2D eigenvalue weighted by Gasteiger charge is 2.28. The second-order valence-electron chi connectivity index (χ2n) is 7.80. The number of H-pyrrole nitrogens is 1. The van der Waals surface area contributed by atoms with Crippen LogP contribution in [0.1, 0.15) is 17.8 Å². The van der Waals surface area contributed by atoms with Crippen LogP contribution in [0.5, 0.6) is 11.6 Å². The van der Waals surface area contributed by atoms with Gasteiger partial charge >= 0.3 is 0 Å². The van der Waals surface area contributed by atoms with Crippen molar-refractivity contribution in [3.63, 3.8) is 0 Å². The number of thiophene rings is 1. The Hall–Kier alpha value is -2.91. The van der Waals surface area contributed by atoms with E-state index in [0.29, 0.717) is 23.1 Å². The molecule has 0 radical (unpaired) electrons. The number of aliphatic hydroxyl groups is 1. The fourth-order valence-corrected chi connectivity index (χ4v) is 5.33. The van der Waals surface area contributed by atoms with Gasteiger partial charge < -0.3 is 24.3 Å². The van der Waals surface area contributed by atoms with Crippen molar-refractivity contribution in [2.45, 2.75) is 19.9 Å². The van der Waals surface area contributed by atoms with Crippen molar-refractivity contribution in [3.05, 3.63) is 45.3 Å². The second kappa shape index (κ2) is 11.0. The number of hydrogen-bond acceptors (Lipinski definition) is 10. The molecule has 0 unspecified atom stereocenters. The van der Waals surface area contributed by atoms with Gasteiger partial charge in [0.05, 0.1) is 25.6 Å². The molecule has 3 aromatic heterocycles. The highest BCUT2D eigenvalue weighted by Crippen LogP contribution is 2.43. The maximum absolute atomic E-state index is 11.2. The standard InChI is InChI=1S/C21H25N5O7S3/c1-14-13-17(23-22-14)26-19(28)15(24(21(26)34)7-9-32-10-8-27)3-4-18-25(6-2-12-36(29,30)31)20-16(33-18)5-11-35-20/h3,5,11,13,27-28H,2,6-10,12H2,1H3,(H,22,23)(H,29,30,31). The molecule has 0 fully saturated rings. The van der Waals surface area contributed by atoms with Gasteiger partial charge in [0, 0.05) is 30.9 Å². The molecule has 4 N–H and O–H groups in total. The molecular weight excluding hydrogens is 530 g/mol. The molecule has 0 aromatic carbocycles. The molecule has 0 saturated carbocycles. The van der Waals surface area contributed by atoms with Gasteiger partial charge in [0.2, 0.25) is 11.8 Å². The van der Waals surface area contributed by atoms with Gasteiger partial charge in [-0.1, -0.05) is 5.73 Å². The van der Waals surface area contributed by atoms with E-state index in [1.165, 1.54) is 22.0 Å². The summed E-state index contributed by atoms with van der Waals surface area (Å²) in [4.78, 5) is 1.76. The van der Waals surface area contributed by atoms with E-state index in [4.69, 9.17) is 31.4 Å². The highest BCUT2D eigenvalue weighted by atomic mass is 32.2. The molecule has 0 bridgehead atoms. The van der Waals surface area contributed by atoms with Crippen LogP contribution in [0.25, 0.3) is 11.9 Å². The van der Waals surface area contributed by atoms with Gasteiger partial charge in [-0.05, 0) is 37.0 Å². The first-order chi connectivity index (χ1) is 17.2. The largest absolute Gasteiger partial charge is 0.493 e. The van der Waals surface area contributed by atoms with Gasteiger partial charge in [-0.3, -0.25) is 14.6 Å². The molecule has 0 spiro atoms. The lowest BCUT2D eigenvalue weighted by molar-refractivity contribution is 0.0867. The van der Waals surface area contributed by atoms with Crippen molar-refractivity contribution in [1.29, 1.82) is 0 Å². The van der Waals surface area contributed by atoms with Crippen LogP contribution in [0.4, 0.5) is 5.00 Å². The summed E-state index contributed by atoms with van der Waals surface area (Å²) < 4.78 is 46.0. The Bertz CT molecular complexity index is 1460. The monoisotopic (exact) mass is 555 g/mol. The average Bonchev–Trinajstić information content (AvgIpc) is 3.55. The zero-order valence-electron chi connectivity index (χ0n) is 19.2. The van der Waals surface area contributed by atoms with Crippen LogP contribution in [0, 0.1) is 11.7 Å². The predicted octanol–water partition coefficient (Wildman–Crippen LogP) is 2.45. The first-order valence-electron chi connectivity index (χ1n) is 10.9. The predicted molar refractivity (Wildman–Crippen MR) is 136 cm³/mol. The van der Waals surface area contributed by atoms with E-state index in [-0.39, 0.29) is 55.7 Å². The van der Waals surface area contributed by atoms with Crippen molar-refractivity contribution in [1.82, 2.24) is 19.3 Å². The summed E-state index contributed by atoms with van der Waals surface area (Å²) in [6.45, 7) is 2.68. The minimum atomic E-state index is -4.09. The zero-order chi connectivity index (χ0) is 25.9. The van der Waals surface area contributed by atoms with Gasteiger partial charge in [0.1, 0.15) is 10.7 Å². The highest BCUT2D eigenvalue weighted by molar-refractivity contribution is 7.85. The molecule has 194 valence electrons. The molecule has 12 nitrogen and oxygen atoms in total. The summed E-state index contributed by atoms with van der Waals surface area (Å²) in [5, 5.41) is 29.7. The quantitative estimate of drug-likeness (QED) is 0.120. The summed E-state index contributed by atoms with van der Waals surface area (Å²) in [6.07, 6.45) is 1.69. The molecule has 0 saturated heterocycles. The van der Waals surface area contributed by atoms with Crippen LogP contribution in [-0.2, 0) is 21.4 Å². The van der Waals surface area contributed by atoms with E-state index in [9.17, 15) is 13.5 Å². The minimum Gasteiger partial charge on any atom is -0.493 e. The molecule has 1 aliphatic heterocycles. The normalized spacial score (nSPS) is 13.1. The summed E-state index contributed by atoms with van der Waals surface area (Å²) in [6, 6.07) is 3.53. The number of nitrogens with zero attached hydrogens (tertiary/aromatic N) is 4. The Balaban J connectivity index is 1.71. The van der Waals surface area contributed by atoms with E-state index in [0.717, 1.165) is 10.7 Å². The first-order valence-corrected chi connectivity index (χ1v) is 13.8. The van der Waals surface area contributed by atoms with Crippen LogP contribution < -0.4 is 9.64 Å². The molecule has 4 rings (SSSR count). The summed E-state index contributed by atoms with van der Waals surface area (Å²) in [5.41, 5.74) is 4.17. The molecule has 0 aliphatic carbocycles. The van der Waals surface area contributed by atoms with Crippen molar-refractivity contribution < 1.29 is 32.7 Å². The summed E-state index contributed by atoms with van der Waals surface area (Å²) >= 11 is 7.03. The number of nitrogens with one attached hydrogen (secondary N) is 1. The second-order valence-corrected chi connectivity index (χ2v) is 10.6. The van der Waals surface area contributed by atoms with Crippen LogP contribution in [-0.4, -0.2) is 74.6 Å². The zero-order valence-corrected chi connectivity index (χ0v) is 21.7. The van der Waals surface area contributed by atoms with Crippen molar-refractivity contribution in [2.24, 2.45) is 0 Å². The summed E-state index contributed by atoms with van der Waals surface area (Å²) in [5.74, 6) is 0.779. The Kier molecular flexibility index (Phi) is 8.00. The van der Waals surface area contributed by atoms with Gasteiger partial charge in [-0.2, -0.15) is 13.5 Å². The van der Waals surface area contributed by atoms with E-state index < -0.39 is 10.1 Å². The number of fused-ring (bicyclic) bond motifs is 1. The number of aromatic hydroxyl groups is 1. The number of anilines is 1. The Morgan fingerprint density at radius 2 is 2.17 bits per heavy atom. The number of imidazole rings is 1. The molecule has 15 heteroatoms. The van der Waals surface area contributed by atoms with Crippen LogP contribution in [0.2, 0.25) is 0 Å². The average molecular weight is 556 g/mol. The van der Waals surface area contributed by atoms with Gasteiger partial charge in [0.25, 0.3) is 10.1 Å². The number of ether oxygens (including phenoxy) is 2. The van der Waals surface area contributed by atoms with Crippen LogP contribution in [0.3, 0.4) is 0 Å². The number of hydrogen-bond donors (Lipinski definition) is 4. The first kappa shape index (κ1) is 26.2. The maximum Gasteiger partial charge on any atom is 0.264 e. The minimum absolute atomic E-state index is 0.113. The van der Waals surface area contributed by atoms with Gasteiger partial charge in [0.15, 0.2) is 16.3 Å². The topological polar surface area (TPSA) is 155 Å². The Morgan fingerprint density at radius 3 is 2.86 bits per heavy atom. The maximum atomic E-state index is 11.2. The number of aryl methyl sites for hydroxylation is 1. The molecular formula is C21H25N5O7S3. The fraction of sp³-hybridized carbons (Fsp3) is 0.381. The SMILES string of the molecule is Cc1cc(-n2c(O)c(C=C=C3Oc4ccsc4N3CCCS(=O)(=O)O)n(CCOCCO)c2=S)n[nH]1. The third kappa shape index (κ3) is 5.73. The molecule has 1 aliphatic rings. The van der Waals surface area contributed by atoms with Crippen LogP contribution in [0.15, 0.2) is 29.1 Å². The lowest BCUT2D eigenvalue weighted by Crippen LogP contribution is -2.22. The Labute approximate surface area is 216 Å². The number of aliphatic hydroxyl groups excluding tert-OH is 1. The van der Waals surface area contributed by atoms with E-state index in [1.807, 2.05) is 12.3 Å². The fourth-order valence-electron chi connectivity index (χ4n) is 3.62. The molecule has 36 heavy (non-hydrogen) atoms. The molecule has 4 heterocycles. The van der Waals surface area contributed by atoms with Crippen molar-refractivity contribution >= 4 is 44.7 Å². The van der Waals surface area contributed by atoms with E-state index >= 15 is 0 Å². The lowest BCUT2D eigenvalue weighted by Gasteiger charge is -2.15. The number of aromatic nitrogens is 4. The van der Waals surface area contributed by atoms with E-state index in [1.54, 1.807) is 21.6 Å². The Morgan fingerprint density at radius 1 is 1.36 bits per heavy atom. The van der Waals surface area contributed by atoms with Gasteiger partial charge in [-0.25, -0.2) is 4.57 Å². The van der Waals surface area contributed by atoms with Gasteiger partial charge in [-0.15, -0.1) is 11.3 Å². The molecule has 3 aromatic rings. The lowest BCUT2D eigenvalue weighted by atomic mass is 10.4. The summed E-state index contributed by atoms with van der Waals surface area (Å²) in [7, 11) is -4.09. The third-order valence-electron chi connectivity index (χ3n) is 5.19. The molecule has 0 amide bonds. The van der Waals surface area contributed by atoms with Crippen LogP contribution >= 0.6 is 23.6 Å². The van der Waals surface area contributed by atoms with E-state index in [2.05, 4.69) is 15.9 Å². The molecule has 0 atom stereocenters. The number of aromatic amines is 1. The third-order valence-corrected chi connectivity index (χ3v) is 7.32. The number of rotatable bonds is 11. The smallest absolute Gasteiger partial charge is 0.264 e. The van der Waals surface area contributed by atoms with Crippen molar-refractivity contribution in [3.8, 4) is 17.4 Å².